The lowest BCUT2D eigenvalue weighted by Crippen LogP contribution is -2.68. The van der Waals surface area contributed by atoms with Gasteiger partial charge in [-0.15, -0.1) is 0 Å². The van der Waals surface area contributed by atoms with Gasteiger partial charge in [0.1, 0.15) is 6.10 Å². The molecule has 2 heterocycles. The van der Waals surface area contributed by atoms with E-state index in [2.05, 4.69) is 24.5 Å². The summed E-state index contributed by atoms with van der Waals surface area (Å²) in [7, 11) is 0. The van der Waals surface area contributed by atoms with E-state index in [1.54, 1.807) is 13.8 Å². The average molecular weight is 742 g/mol. The monoisotopic (exact) mass is 741 g/mol. The second kappa shape index (κ2) is 14.6. The van der Waals surface area contributed by atoms with Crippen LogP contribution < -0.4 is 16.4 Å². The molecule has 53 heavy (non-hydrogen) atoms. The Morgan fingerprint density at radius 1 is 1.08 bits per heavy atom. The zero-order valence-electron chi connectivity index (χ0n) is 32.3. The normalized spacial score (nSPS) is 45.4. The minimum atomic E-state index is -1.58. The lowest BCUT2D eigenvalue weighted by molar-refractivity contribution is -0.218. The number of hydrogen-bond acceptors (Lipinski definition) is 11. The van der Waals surface area contributed by atoms with Crippen LogP contribution >= 0.6 is 0 Å². The van der Waals surface area contributed by atoms with Crippen molar-refractivity contribution in [2.75, 3.05) is 13.2 Å². The first-order valence-electron chi connectivity index (χ1n) is 20.8. The van der Waals surface area contributed by atoms with Gasteiger partial charge in [0.2, 0.25) is 0 Å². The molecule has 2 aliphatic heterocycles. The van der Waals surface area contributed by atoms with E-state index in [4.69, 9.17) is 10.5 Å². The van der Waals surface area contributed by atoms with Crippen LogP contribution in [0.3, 0.4) is 0 Å². The Kier molecular flexibility index (Phi) is 10.9. The number of hydrogen-bond donors (Lipinski definition) is 9. The molecule has 0 bridgehead atoms. The SMILES string of the molecule is CC(O)CNC1=C2C(CCC3(C4CCCCC4)C(C(C)(O)C(O)C4OCC(C)C4C)CCC23O)C2(CCC3=CNC(N)C=C3)CC(O)C(O)CC2C1=O. The quantitative estimate of drug-likeness (QED) is 0.160. The average Bonchev–Trinajstić information content (AvgIpc) is 3.64. The van der Waals surface area contributed by atoms with Crippen molar-refractivity contribution in [3.63, 3.8) is 0 Å². The highest BCUT2D eigenvalue weighted by atomic mass is 16.5. The minimum Gasteiger partial charge on any atom is -0.392 e. The Labute approximate surface area is 315 Å². The number of ether oxygens (including phenoxy) is 1. The molecule has 0 amide bonds. The number of rotatable bonds is 10. The molecule has 15 unspecified atom stereocenters. The molecular weight excluding hydrogens is 674 g/mol. The molecule has 1 saturated heterocycles. The zero-order chi connectivity index (χ0) is 38.1. The van der Waals surface area contributed by atoms with Crippen LogP contribution in [0.2, 0.25) is 0 Å². The first-order valence-corrected chi connectivity index (χ1v) is 20.8. The number of nitrogens with two attached hydrogens (primary N) is 1. The van der Waals surface area contributed by atoms with Crippen LogP contribution in [0.4, 0.5) is 0 Å². The van der Waals surface area contributed by atoms with Gasteiger partial charge in [-0.05, 0) is 130 Å². The van der Waals surface area contributed by atoms with Crippen LogP contribution in [0, 0.1) is 46.3 Å². The Morgan fingerprint density at radius 2 is 1.81 bits per heavy atom. The van der Waals surface area contributed by atoms with Crippen LogP contribution in [0.5, 0.6) is 0 Å². The third-order valence-electron chi connectivity index (χ3n) is 15.9. The summed E-state index contributed by atoms with van der Waals surface area (Å²) in [5.41, 5.74) is 3.44. The molecular formula is C42H67N3O8. The van der Waals surface area contributed by atoms with Crippen LogP contribution in [0.15, 0.2) is 35.2 Å². The van der Waals surface area contributed by atoms with E-state index in [1.807, 2.05) is 18.4 Å². The van der Waals surface area contributed by atoms with Gasteiger partial charge in [-0.3, -0.25) is 4.79 Å². The van der Waals surface area contributed by atoms with Crippen molar-refractivity contribution in [3.05, 3.63) is 35.2 Å². The molecule has 11 heteroatoms. The lowest BCUT2D eigenvalue weighted by Gasteiger charge is -2.65. The third-order valence-corrected chi connectivity index (χ3v) is 15.9. The second-order valence-electron chi connectivity index (χ2n) is 18.7. The van der Waals surface area contributed by atoms with E-state index in [0.29, 0.717) is 56.4 Å². The molecule has 11 nitrogen and oxygen atoms in total. The standard InChI is InChI=1S/C42H67N3O8/c1-23-22-53-37(25(23)3)38(50)39(4,51)32-14-17-42(52)34-28(13-16-41(32,42)27-8-6-5-7-9-27)40(15-12-26-10-11-33(43)44-21-26)19-31(48)30(47)18-29(40)36(49)35(34)45-20-24(2)46/h10-11,21,23-25,27-33,37-38,44-48,50-52H,5-9,12-20,22,43H2,1-4H3. The van der Waals surface area contributed by atoms with E-state index in [0.717, 1.165) is 37.7 Å². The molecule has 0 aromatic rings. The molecule has 0 spiro atoms. The summed E-state index contributed by atoms with van der Waals surface area (Å²) in [6.45, 7) is 8.23. The maximum Gasteiger partial charge on any atom is 0.182 e. The van der Waals surface area contributed by atoms with Crippen molar-refractivity contribution >= 4 is 5.78 Å². The van der Waals surface area contributed by atoms with Crippen LogP contribution in [-0.4, -0.2) is 97.5 Å². The van der Waals surface area contributed by atoms with Gasteiger partial charge < -0.3 is 51.7 Å². The van der Waals surface area contributed by atoms with Gasteiger partial charge in [0, 0.05) is 30.7 Å². The number of aliphatic hydroxyl groups is 6. The number of nitrogens with one attached hydrogen (secondary N) is 2. The summed E-state index contributed by atoms with van der Waals surface area (Å²) < 4.78 is 6.14. The van der Waals surface area contributed by atoms with Crippen LogP contribution in [-0.2, 0) is 9.53 Å². The molecule has 7 aliphatic rings. The van der Waals surface area contributed by atoms with Crippen LogP contribution in [0.1, 0.15) is 111 Å². The molecule has 298 valence electrons. The van der Waals surface area contributed by atoms with E-state index < -0.39 is 64.4 Å². The summed E-state index contributed by atoms with van der Waals surface area (Å²) in [6.07, 6.45) is 9.56. The van der Waals surface area contributed by atoms with Gasteiger partial charge >= 0.3 is 0 Å². The van der Waals surface area contributed by atoms with E-state index in [-0.39, 0.29) is 55.0 Å². The number of ketones is 1. The van der Waals surface area contributed by atoms with Gasteiger partial charge in [0.25, 0.3) is 0 Å². The van der Waals surface area contributed by atoms with Crippen molar-refractivity contribution < 1.29 is 40.2 Å². The third kappa shape index (κ3) is 6.28. The molecule has 0 radical (unpaired) electrons. The minimum absolute atomic E-state index is 0.0537. The van der Waals surface area contributed by atoms with Gasteiger partial charge in [-0.25, -0.2) is 0 Å². The van der Waals surface area contributed by atoms with Crippen molar-refractivity contribution in [1.82, 2.24) is 10.6 Å². The zero-order valence-corrected chi connectivity index (χ0v) is 32.3. The number of allylic oxidation sites excluding steroid dienone is 3. The van der Waals surface area contributed by atoms with E-state index in [9.17, 15) is 30.6 Å². The summed E-state index contributed by atoms with van der Waals surface area (Å²) in [5, 5.41) is 78.3. The molecule has 7 rings (SSSR count). The van der Waals surface area contributed by atoms with Gasteiger partial charge in [0.05, 0.1) is 47.5 Å². The predicted octanol–water partition coefficient (Wildman–Crippen LogP) is 2.92. The van der Waals surface area contributed by atoms with Gasteiger partial charge in [-0.2, -0.15) is 0 Å². The lowest BCUT2D eigenvalue weighted by atomic mass is 9.41. The summed E-state index contributed by atoms with van der Waals surface area (Å²) >= 11 is 0. The smallest absolute Gasteiger partial charge is 0.182 e. The largest absolute Gasteiger partial charge is 0.392 e. The predicted molar refractivity (Wildman–Crippen MR) is 201 cm³/mol. The Bertz CT molecular complexity index is 1470. The first-order chi connectivity index (χ1) is 25.1. The maximum atomic E-state index is 15.1. The summed E-state index contributed by atoms with van der Waals surface area (Å²) in [5.74, 6) is -1.16. The van der Waals surface area contributed by atoms with Crippen molar-refractivity contribution in [2.24, 2.45) is 52.1 Å². The Balaban J connectivity index is 1.37. The highest BCUT2D eigenvalue weighted by Gasteiger charge is 2.74. The number of Topliss-reactive ketones (excluding diaryl/α,β-unsaturated/α-hetero) is 1. The summed E-state index contributed by atoms with van der Waals surface area (Å²) in [4.78, 5) is 15.1. The topological polar surface area (TPSA) is 198 Å². The number of carbonyl (C=O) groups is 1. The highest BCUT2D eigenvalue weighted by molar-refractivity contribution is 6.00. The van der Waals surface area contributed by atoms with E-state index in [1.165, 1.54) is 0 Å². The Hall–Kier alpha value is -1.83. The van der Waals surface area contributed by atoms with Crippen LogP contribution in [0.25, 0.3) is 0 Å². The molecule has 10 N–H and O–H groups in total. The molecule has 0 aromatic carbocycles. The molecule has 5 fully saturated rings. The molecule has 4 saturated carbocycles. The molecule has 5 aliphatic carbocycles. The van der Waals surface area contributed by atoms with E-state index >= 15 is 4.79 Å². The fourth-order valence-corrected chi connectivity index (χ4v) is 13.0. The number of aliphatic hydroxyl groups excluding tert-OH is 4. The van der Waals surface area contributed by atoms with Crippen molar-refractivity contribution in [1.29, 1.82) is 0 Å². The number of carbonyl (C=O) groups excluding carboxylic acids is 1. The van der Waals surface area contributed by atoms with Crippen molar-refractivity contribution in [3.8, 4) is 0 Å². The fourth-order valence-electron chi connectivity index (χ4n) is 13.0. The Morgan fingerprint density at radius 3 is 2.45 bits per heavy atom. The maximum absolute atomic E-state index is 15.1. The first kappa shape index (κ1) is 39.4. The second-order valence-corrected chi connectivity index (χ2v) is 18.7. The number of dihydropyridines is 1. The number of fused-ring (bicyclic) bond motifs is 5. The molecule has 0 aromatic heterocycles. The van der Waals surface area contributed by atoms with Crippen molar-refractivity contribution in [2.45, 2.75) is 159 Å². The van der Waals surface area contributed by atoms with Gasteiger partial charge in [0.15, 0.2) is 5.78 Å². The van der Waals surface area contributed by atoms with Gasteiger partial charge in [-0.1, -0.05) is 39.2 Å². The highest BCUT2D eigenvalue weighted by Crippen LogP contribution is 2.73. The fraction of sp³-hybridized carbons (Fsp3) is 0.833. The summed E-state index contributed by atoms with van der Waals surface area (Å²) in [6, 6.07) is 0. The molecule has 15 atom stereocenters.